The van der Waals surface area contributed by atoms with Crippen LogP contribution in [0, 0.1) is 11.3 Å². The van der Waals surface area contributed by atoms with Gasteiger partial charge in [0.1, 0.15) is 0 Å². The first-order chi connectivity index (χ1) is 8.85. The van der Waals surface area contributed by atoms with Crippen LogP contribution in [0.3, 0.4) is 0 Å². The molecule has 0 heterocycles. The first-order valence-corrected chi connectivity index (χ1v) is 7.77. The SMILES string of the molecule is CCC(C)C(C)NC1c2cc(Cl)ccc2CC1(C)C. The molecule has 1 aromatic carbocycles. The highest BCUT2D eigenvalue weighted by Crippen LogP contribution is 2.46. The normalized spacial score (nSPS) is 24.0. The lowest BCUT2D eigenvalue weighted by atomic mass is 9.84. The fourth-order valence-corrected chi connectivity index (χ4v) is 3.29. The predicted molar refractivity (Wildman–Crippen MR) is 83.7 cm³/mol. The van der Waals surface area contributed by atoms with Gasteiger partial charge in [0.15, 0.2) is 0 Å². The van der Waals surface area contributed by atoms with Gasteiger partial charge >= 0.3 is 0 Å². The summed E-state index contributed by atoms with van der Waals surface area (Å²) in [7, 11) is 0. The molecule has 1 aliphatic rings. The van der Waals surface area contributed by atoms with Crippen molar-refractivity contribution in [1.29, 1.82) is 0 Å². The quantitative estimate of drug-likeness (QED) is 0.819. The monoisotopic (exact) mass is 279 g/mol. The van der Waals surface area contributed by atoms with Crippen molar-refractivity contribution < 1.29 is 0 Å². The molecule has 106 valence electrons. The molecule has 0 aromatic heterocycles. The Balaban J connectivity index is 2.26. The molecule has 1 aromatic rings. The van der Waals surface area contributed by atoms with E-state index in [9.17, 15) is 0 Å². The highest BCUT2D eigenvalue weighted by molar-refractivity contribution is 6.30. The van der Waals surface area contributed by atoms with Crippen LogP contribution in [0.1, 0.15) is 58.2 Å². The number of fused-ring (bicyclic) bond motifs is 1. The second-order valence-corrected chi connectivity index (χ2v) is 7.22. The zero-order chi connectivity index (χ0) is 14.2. The largest absolute Gasteiger partial charge is 0.307 e. The summed E-state index contributed by atoms with van der Waals surface area (Å²) in [6.45, 7) is 11.6. The Morgan fingerprint density at radius 1 is 1.37 bits per heavy atom. The molecule has 2 heteroatoms. The number of hydrogen-bond donors (Lipinski definition) is 1. The number of halogens is 1. The highest BCUT2D eigenvalue weighted by atomic mass is 35.5. The Kier molecular flexibility index (Phi) is 4.27. The molecule has 1 nitrogen and oxygen atoms in total. The molecular weight excluding hydrogens is 254 g/mol. The molecule has 19 heavy (non-hydrogen) atoms. The van der Waals surface area contributed by atoms with Crippen LogP contribution in [0.5, 0.6) is 0 Å². The van der Waals surface area contributed by atoms with Gasteiger partial charge in [0.05, 0.1) is 0 Å². The summed E-state index contributed by atoms with van der Waals surface area (Å²) in [5.74, 6) is 0.694. The molecule has 0 bridgehead atoms. The van der Waals surface area contributed by atoms with Crippen molar-refractivity contribution in [2.75, 3.05) is 0 Å². The molecule has 2 rings (SSSR count). The van der Waals surface area contributed by atoms with E-state index in [1.54, 1.807) is 0 Å². The lowest BCUT2D eigenvalue weighted by Crippen LogP contribution is -2.40. The van der Waals surface area contributed by atoms with E-state index in [0.717, 1.165) is 11.4 Å². The minimum atomic E-state index is 0.259. The van der Waals surface area contributed by atoms with Gasteiger partial charge in [-0.3, -0.25) is 0 Å². The van der Waals surface area contributed by atoms with Crippen molar-refractivity contribution in [3.8, 4) is 0 Å². The van der Waals surface area contributed by atoms with Crippen LogP contribution in [0.15, 0.2) is 18.2 Å². The maximum Gasteiger partial charge on any atom is 0.0409 e. The van der Waals surface area contributed by atoms with E-state index in [4.69, 9.17) is 11.6 Å². The smallest absolute Gasteiger partial charge is 0.0409 e. The fraction of sp³-hybridized carbons (Fsp3) is 0.647. The van der Waals surface area contributed by atoms with Crippen molar-refractivity contribution in [3.05, 3.63) is 34.3 Å². The van der Waals surface area contributed by atoms with E-state index in [1.165, 1.54) is 17.5 Å². The molecule has 3 atom stereocenters. The van der Waals surface area contributed by atoms with E-state index in [0.29, 0.717) is 18.0 Å². The number of benzene rings is 1. The molecule has 3 unspecified atom stereocenters. The van der Waals surface area contributed by atoms with Crippen LogP contribution in [-0.4, -0.2) is 6.04 Å². The van der Waals surface area contributed by atoms with Crippen molar-refractivity contribution >= 4 is 11.6 Å². The van der Waals surface area contributed by atoms with Crippen LogP contribution in [0.4, 0.5) is 0 Å². The molecule has 1 aliphatic carbocycles. The first kappa shape index (κ1) is 14.9. The summed E-state index contributed by atoms with van der Waals surface area (Å²) in [6.07, 6.45) is 2.34. The summed E-state index contributed by atoms with van der Waals surface area (Å²) >= 11 is 6.18. The Morgan fingerprint density at radius 2 is 2.05 bits per heavy atom. The second-order valence-electron chi connectivity index (χ2n) is 6.78. The molecule has 1 N–H and O–H groups in total. The number of rotatable bonds is 4. The van der Waals surface area contributed by atoms with Gasteiger partial charge in [-0.1, -0.05) is 51.8 Å². The lowest BCUT2D eigenvalue weighted by molar-refractivity contribution is 0.228. The van der Waals surface area contributed by atoms with Gasteiger partial charge < -0.3 is 5.32 Å². The van der Waals surface area contributed by atoms with Crippen LogP contribution >= 0.6 is 11.6 Å². The van der Waals surface area contributed by atoms with E-state index < -0.39 is 0 Å². The van der Waals surface area contributed by atoms with E-state index in [2.05, 4.69) is 52.1 Å². The maximum absolute atomic E-state index is 6.18. The summed E-state index contributed by atoms with van der Waals surface area (Å²) in [4.78, 5) is 0. The minimum Gasteiger partial charge on any atom is -0.307 e. The van der Waals surface area contributed by atoms with Crippen molar-refractivity contribution in [3.63, 3.8) is 0 Å². The lowest BCUT2D eigenvalue weighted by Gasteiger charge is -2.33. The van der Waals surface area contributed by atoms with Crippen molar-refractivity contribution in [1.82, 2.24) is 5.32 Å². The van der Waals surface area contributed by atoms with E-state index >= 15 is 0 Å². The van der Waals surface area contributed by atoms with Crippen LogP contribution in [0.25, 0.3) is 0 Å². The molecule has 0 saturated heterocycles. The van der Waals surface area contributed by atoms with E-state index in [-0.39, 0.29) is 5.41 Å². The third-order valence-electron chi connectivity index (χ3n) is 4.77. The molecule has 0 aliphatic heterocycles. The number of nitrogens with one attached hydrogen (secondary N) is 1. The summed E-state index contributed by atoms with van der Waals surface area (Å²) < 4.78 is 0. The maximum atomic E-state index is 6.18. The van der Waals surface area contributed by atoms with Gasteiger partial charge in [-0.05, 0) is 47.9 Å². The zero-order valence-electron chi connectivity index (χ0n) is 12.8. The Morgan fingerprint density at radius 3 is 2.68 bits per heavy atom. The second kappa shape index (κ2) is 5.46. The van der Waals surface area contributed by atoms with Crippen LogP contribution in [0.2, 0.25) is 5.02 Å². The average molecular weight is 280 g/mol. The van der Waals surface area contributed by atoms with Gasteiger partial charge in [0.2, 0.25) is 0 Å². The summed E-state index contributed by atoms with van der Waals surface area (Å²) in [6, 6.07) is 7.28. The third-order valence-corrected chi connectivity index (χ3v) is 5.01. The summed E-state index contributed by atoms with van der Waals surface area (Å²) in [5.41, 5.74) is 3.10. The van der Waals surface area contributed by atoms with Crippen molar-refractivity contribution in [2.24, 2.45) is 11.3 Å². The topological polar surface area (TPSA) is 12.0 Å². The minimum absolute atomic E-state index is 0.259. The third kappa shape index (κ3) is 2.98. The van der Waals surface area contributed by atoms with Crippen LogP contribution in [-0.2, 0) is 6.42 Å². The molecule has 0 spiro atoms. The average Bonchev–Trinajstić information content (AvgIpc) is 2.59. The first-order valence-electron chi connectivity index (χ1n) is 7.39. The Bertz CT molecular complexity index is 453. The predicted octanol–water partition coefficient (Wildman–Crippen LogP) is 4.99. The van der Waals surface area contributed by atoms with Gasteiger partial charge in [0.25, 0.3) is 0 Å². The van der Waals surface area contributed by atoms with Gasteiger partial charge in [-0.15, -0.1) is 0 Å². The Labute approximate surface area is 122 Å². The number of hydrogen-bond acceptors (Lipinski definition) is 1. The molecule has 0 amide bonds. The van der Waals surface area contributed by atoms with Crippen molar-refractivity contribution in [2.45, 2.75) is 59.5 Å². The fourth-order valence-electron chi connectivity index (χ4n) is 3.11. The molecular formula is C17H26ClN. The molecule has 0 saturated carbocycles. The highest BCUT2D eigenvalue weighted by Gasteiger charge is 2.39. The van der Waals surface area contributed by atoms with Gasteiger partial charge in [-0.2, -0.15) is 0 Å². The zero-order valence-corrected chi connectivity index (χ0v) is 13.5. The van der Waals surface area contributed by atoms with Crippen LogP contribution < -0.4 is 5.32 Å². The van der Waals surface area contributed by atoms with E-state index in [1.807, 2.05) is 6.07 Å². The molecule has 0 fully saturated rings. The summed E-state index contributed by atoms with van der Waals surface area (Å²) in [5, 5.41) is 4.69. The molecule has 0 radical (unpaired) electrons. The van der Waals surface area contributed by atoms with Gasteiger partial charge in [0, 0.05) is 17.1 Å². The van der Waals surface area contributed by atoms with Gasteiger partial charge in [-0.25, -0.2) is 0 Å². The standard InChI is InChI=1S/C17H26ClN/c1-6-11(2)12(3)19-16-15-9-14(18)8-7-13(15)10-17(16,4)5/h7-9,11-12,16,19H,6,10H2,1-5H3. The Hall–Kier alpha value is -0.530.